The second-order valence-corrected chi connectivity index (χ2v) is 8.99. The number of alkyl halides is 3. The van der Waals surface area contributed by atoms with Crippen LogP contribution in [0, 0.1) is 5.82 Å². The summed E-state index contributed by atoms with van der Waals surface area (Å²) in [5.41, 5.74) is -2.39. The minimum atomic E-state index is -4.87. The van der Waals surface area contributed by atoms with E-state index in [9.17, 15) is 27.2 Å². The van der Waals surface area contributed by atoms with Gasteiger partial charge < -0.3 is 15.1 Å². The van der Waals surface area contributed by atoms with Crippen molar-refractivity contribution in [3.63, 3.8) is 0 Å². The van der Waals surface area contributed by atoms with Crippen LogP contribution in [0.2, 0.25) is 0 Å². The molecule has 1 saturated heterocycles. The number of pyridine rings is 1. The summed E-state index contributed by atoms with van der Waals surface area (Å²) in [4.78, 5) is 35.1. The number of hydrogen-bond acceptors (Lipinski definition) is 8. The lowest BCUT2D eigenvalue weighted by Gasteiger charge is -2.31. The van der Waals surface area contributed by atoms with Gasteiger partial charge in [0, 0.05) is 36.8 Å². The number of fused-ring (bicyclic) bond motifs is 1. The van der Waals surface area contributed by atoms with Gasteiger partial charge in [-0.05, 0) is 13.0 Å². The Morgan fingerprint density at radius 2 is 1.77 bits per heavy atom. The van der Waals surface area contributed by atoms with Crippen LogP contribution in [0.4, 0.5) is 23.4 Å². The highest BCUT2D eigenvalue weighted by Crippen LogP contribution is 2.35. The number of hydrogen-bond donors (Lipinski definition) is 1. The monoisotopic (exact) mass is 545 g/mol. The first-order chi connectivity index (χ1) is 18.6. The average Bonchev–Trinajstić information content (AvgIpc) is 2.91. The predicted molar refractivity (Wildman–Crippen MR) is 134 cm³/mol. The number of nitrogens with one attached hydrogen (secondary N) is 1. The molecule has 1 aliphatic heterocycles. The molecule has 14 heteroatoms. The molecule has 1 aromatic carbocycles. The highest BCUT2D eigenvalue weighted by Gasteiger charge is 2.35. The number of halogens is 4. The molecule has 1 fully saturated rings. The van der Waals surface area contributed by atoms with Crippen LogP contribution in [0.1, 0.15) is 24.1 Å². The largest absolute Gasteiger partial charge is 0.419 e. The van der Waals surface area contributed by atoms with Crippen molar-refractivity contribution in [1.29, 1.82) is 0 Å². The second kappa shape index (κ2) is 10.1. The Labute approximate surface area is 218 Å². The third-order valence-electron chi connectivity index (χ3n) is 6.50. The molecule has 0 amide bonds. The molecule has 0 aliphatic carbocycles. The van der Waals surface area contributed by atoms with Crippen LogP contribution < -0.4 is 21.4 Å². The van der Waals surface area contributed by atoms with Gasteiger partial charge in [-0.15, -0.1) is 0 Å². The summed E-state index contributed by atoms with van der Waals surface area (Å²) in [5, 5.41) is 9.19. The molecule has 0 bridgehead atoms. The van der Waals surface area contributed by atoms with Crippen LogP contribution in [0.5, 0.6) is 0 Å². The summed E-state index contributed by atoms with van der Waals surface area (Å²) in [6.07, 6.45) is 0.665. The van der Waals surface area contributed by atoms with E-state index in [1.165, 1.54) is 49.6 Å². The summed E-state index contributed by atoms with van der Waals surface area (Å²) in [6.45, 7) is 3.01. The molecule has 5 rings (SSSR count). The number of nitrogens with zero attached hydrogens (tertiary/aromatic N) is 6. The van der Waals surface area contributed by atoms with Crippen LogP contribution in [0.15, 0.2) is 52.7 Å². The maximum Gasteiger partial charge on any atom is 0.419 e. The number of rotatable bonds is 5. The van der Waals surface area contributed by atoms with Crippen molar-refractivity contribution < 1.29 is 22.3 Å². The Bertz CT molecular complexity index is 1650. The van der Waals surface area contributed by atoms with Crippen LogP contribution in [-0.2, 0) is 18.0 Å². The first-order valence-electron chi connectivity index (χ1n) is 11.9. The molecule has 204 valence electrons. The first kappa shape index (κ1) is 26.3. The van der Waals surface area contributed by atoms with E-state index < -0.39 is 34.7 Å². The van der Waals surface area contributed by atoms with Gasteiger partial charge in [0.15, 0.2) is 5.82 Å². The van der Waals surface area contributed by atoms with Crippen LogP contribution in [0.3, 0.4) is 0 Å². The van der Waals surface area contributed by atoms with Gasteiger partial charge in [0.1, 0.15) is 12.1 Å². The fraction of sp³-hybridized carbons (Fsp3) is 0.320. The normalized spacial score (nSPS) is 15.0. The predicted octanol–water partition coefficient (Wildman–Crippen LogP) is 2.85. The highest BCUT2D eigenvalue weighted by atomic mass is 19.4. The summed E-state index contributed by atoms with van der Waals surface area (Å²) < 4.78 is 62.6. The number of ether oxygens (including phenoxy) is 1. The molecular weight excluding hydrogens is 522 g/mol. The molecular formula is C25H23F4N7O3. The third-order valence-corrected chi connectivity index (χ3v) is 6.50. The lowest BCUT2D eigenvalue weighted by Crippen LogP contribution is -2.49. The van der Waals surface area contributed by atoms with E-state index in [1.807, 2.05) is 0 Å². The highest BCUT2D eigenvalue weighted by molar-refractivity contribution is 6.00. The molecule has 0 spiro atoms. The average molecular weight is 545 g/mol. The van der Waals surface area contributed by atoms with Gasteiger partial charge in [-0.2, -0.15) is 18.3 Å². The zero-order valence-corrected chi connectivity index (χ0v) is 20.9. The van der Waals surface area contributed by atoms with Gasteiger partial charge in [-0.3, -0.25) is 9.59 Å². The molecule has 0 unspecified atom stereocenters. The molecule has 4 heterocycles. The minimum absolute atomic E-state index is 0.0102. The van der Waals surface area contributed by atoms with Crippen molar-refractivity contribution in [3.05, 3.63) is 80.8 Å². The van der Waals surface area contributed by atoms with E-state index in [-0.39, 0.29) is 27.7 Å². The molecule has 1 atom stereocenters. The quantitative estimate of drug-likeness (QED) is 0.382. The molecule has 1 N–H and O–H groups in total. The lowest BCUT2D eigenvalue weighted by atomic mass is 10.0. The topological polar surface area (TPSA) is 107 Å². The molecule has 1 aliphatic rings. The van der Waals surface area contributed by atoms with E-state index in [2.05, 4.69) is 20.4 Å². The van der Waals surface area contributed by atoms with Gasteiger partial charge in [-0.1, -0.05) is 12.1 Å². The smallest absolute Gasteiger partial charge is 0.378 e. The molecule has 10 nitrogen and oxygen atoms in total. The molecule has 39 heavy (non-hydrogen) atoms. The van der Waals surface area contributed by atoms with E-state index in [0.717, 1.165) is 10.7 Å². The number of benzene rings is 1. The SMILES string of the molecule is C[C@@H](Nc1nn(C)c(=O)c2c(-c3cncnc3)c(=O)n(N3CCOCC3)cc12)c1cccc(C(F)(F)F)c1F. The fourth-order valence-corrected chi connectivity index (χ4v) is 4.58. The number of morpholine rings is 1. The van der Waals surface area contributed by atoms with Gasteiger partial charge in [0.25, 0.3) is 11.1 Å². The number of aryl methyl sites for hydroxylation is 1. The Morgan fingerprint density at radius 1 is 1.08 bits per heavy atom. The first-order valence-corrected chi connectivity index (χ1v) is 11.9. The van der Waals surface area contributed by atoms with Gasteiger partial charge in [0.2, 0.25) is 0 Å². The summed E-state index contributed by atoms with van der Waals surface area (Å²) in [7, 11) is 1.38. The van der Waals surface area contributed by atoms with E-state index in [1.54, 1.807) is 5.01 Å². The van der Waals surface area contributed by atoms with E-state index in [4.69, 9.17) is 4.74 Å². The summed E-state index contributed by atoms with van der Waals surface area (Å²) in [5.74, 6) is -1.34. The zero-order valence-electron chi connectivity index (χ0n) is 20.9. The van der Waals surface area contributed by atoms with Gasteiger partial charge in [0.05, 0.1) is 54.2 Å². The van der Waals surface area contributed by atoms with E-state index >= 15 is 0 Å². The maximum absolute atomic E-state index is 14.9. The molecule has 0 saturated carbocycles. The van der Waals surface area contributed by atoms with Crippen LogP contribution in [-0.4, -0.2) is 50.7 Å². The van der Waals surface area contributed by atoms with Gasteiger partial charge in [-0.25, -0.2) is 23.7 Å². The Balaban J connectivity index is 1.73. The Morgan fingerprint density at radius 3 is 2.44 bits per heavy atom. The maximum atomic E-state index is 14.9. The van der Waals surface area contributed by atoms with Crippen molar-refractivity contribution in [3.8, 4) is 11.1 Å². The van der Waals surface area contributed by atoms with Crippen LogP contribution in [0.25, 0.3) is 21.9 Å². The Kier molecular flexibility index (Phi) is 6.80. The zero-order chi connectivity index (χ0) is 27.9. The van der Waals surface area contributed by atoms with E-state index in [0.29, 0.717) is 37.9 Å². The van der Waals surface area contributed by atoms with Crippen molar-refractivity contribution in [1.82, 2.24) is 24.4 Å². The molecule has 0 radical (unpaired) electrons. The second-order valence-electron chi connectivity index (χ2n) is 8.99. The fourth-order valence-electron chi connectivity index (χ4n) is 4.58. The van der Waals surface area contributed by atoms with Crippen molar-refractivity contribution in [2.24, 2.45) is 7.05 Å². The standard InChI is InChI=1S/C25H23F4N7O3/c1-14(16-4-3-5-18(21(16)26)25(27,28)29)32-22-17-12-36(35-6-8-39-9-7-35)24(38)19(15-10-30-13-31-11-15)20(17)23(37)34(2)33-22/h3-5,10-14H,6-9H2,1-2H3,(H,32,33)/t14-/m1/s1. The van der Waals surface area contributed by atoms with Crippen molar-refractivity contribution in [2.75, 3.05) is 36.6 Å². The van der Waals surface area contributed by atoms with Crippen LogP contribution >= 0.6 is 0 Å². The summed E-state index contributed by atoms with van der Waals surface area (Å²) >= 11 is 0. The van der Waals surface area contributed by atoms with Crippen molar-refractivity contribution in [2.45, 2.75) is 19.1 Å². The van der Waals surface area contributed by atoms with Crippen molar-refractivity contribution >= 4 is 16.6 Å². The molecule has 4 aromatic rings. The number of aromatic nitrogens is 5. The minimum Gasteiger partial charge on any atom is -0.378 e. The molecule has 3 aromatic heterocycles. The number of anilines is 1. The third kappa shape index (κ3) is 4.82. The summed E-state index contributed by atoms with van der Waals surface area (Å²) in [6, 6.07) is 2.03. The Hall–Kier alpha value is -4.33. The van der Waals surface area contributed by atoms with Gasteiger partial charge >= 0.3 is 6.18 Å². The lowest BCUT2D eigenvalue weighted by molar-refractivity contribution is -0.140.